The molecule has 0 aliphatic rings. The third-order valence-electron chi connectivity index (χ3n) is 3.47. The van der Waals surface area contributed by atoms with Gasteiger partial charge in [0.15, 0.2) is 5.78 Å². The van der Waals surface area contributed by atoms with E-state index >= 15 is 0 Å². The Morgan fingerprint density at radius 3 is 2.48 bits per heavy atom. The summed E-state index contributed by atoms with van der Waals surface area (Å²) in [5.74, 6) is -0.411. The molecule has 4 nitrogen and oxygen atoms in total. The van der Waals surface area contributed by atoms with Crippen LogP contribution in [-0.2, 0) is 11.3 Å². The molecule has 2 aromatic rings. The molecule has 0 heterocycles. The zero-order chi connectivity index (χ0) is 16.8. The number of Topliss-reactive ketones (excluding diaryl/α,β-unsaturated/α-hetero) is 1. The Kier molecular flexibility index (Phi) is 5.46. The molecule has 0 aliphatic heterocycles. The highest BCUT2D eigenvalue weighted by Crippen LogP contribution is 2.11. The molecule has 0 bridgehead atoms. The smallest absolute Gasteiger partial charge is 0.241 e. The van der Waals surface area contributed by atoms with E-state index in [9.17, 15) is 14.0 Å². The van der Waals surface area contributed by atoms with Crippen molar-refractivity contribution in [1.82, 2.24) is 4.90 Å². The van der Waals surface area contributed by atoms with Crippen LogP contribution in [0.3, 0.4) is 0 Å². The number of carbonyl (C=O) groups excluding carboxylic acids is 2. The van der Waals surface area contributed by atoms with Crippen LogP contribution in [-0.4, -0.2) is 30.2 Å². The monoisotopic (exact) mass is 314 g/mol. The first-order chi connectivity index (χ1) is 11.0. The number of hydrogen-bond donors (Lipinski definition) is 1. The van der Waals surface area contributed by atoms with Crippen LogP contribution in [0, 0.1) is 5.82 Å². The molecule has 0 fully saturated rings. The van der Waals surface area contributed by atoms with Crippen LogP contribution in [0.2, 0.25) is 0 Å². The zero-order valence-electron chi connectivity index (χ0n) is 13.2. The maximum atomic E-state index is 12.9. The van der Waals surface area contributed by atoms with Gasteiger partial charge in [-0.25, -0.2) is 4.39 Å². The summed E-state index contributed by atoms with van der Waals surface area (Å²) >= 11 is 0. The molecule has 0 aromatic heterocycles. The molecule has 0 unspecified atom stereocenters. The highest BCUT2D eigenvalue weighted by Gasteiger charge is 2.09. The summed E-state index contributed by atoms with van der Waals surface area (Å²) in [5, 5.41) is 3.01. The van der Waals surface area contributed by atoms with E-state index in [1.807, 2.05) is 0 Å². The Hall–Kier alpha value is -2.69. The maximum Gasteiger partial charge on any atom is 0.241 e. The SMILES string of the molecule is CC(=O)c1cccc(NCC(=O)N(C)Cc2ccc(F)cc2)c1. The molecular weight excluding hydrogens is 295 g/mol. The molecule has 0 saturated carbocycles. The minimum atomic E-state index is -0.297. The van der Waals surface area contributed by atoms with E-state index in [1.165, 1.54) is 19.1 Å². The van der Waals surface area contributed by atoms with Crippen LogP contribution in [0.15, 0.2) is 48.5 Å². The summed E-state index contributed by atoms with van der Waals surface area (Å²) in [5.41, 5.74) is 2.18. The number of carbonyl (C=O) groups is 2. The van der Waals surface area contributed by atoms with Gasteiger partial charge in [-0.1, -0.05) is 24.3 Å². The number of halogens is 1. The number of anilines is 1. The summed E-state index contributed by atoms with van der Waals surface area (Å²) in [6.45, 7) is 2.04. The van der Waals surface area contributed by atoms with Crippen LogP contribution in [0.4, 0.5) is 10.1 Å². The summed E-state index contributed by atoms with van der Waals surface area (Å²) in [6, 6.07) is 13.1. The lowest BCUT2D eigenvalue weighted by molar-refractivity contribution is -0.128. The topological polar surface area (TPSA) is 49.4 Å². The van der Waals surface area contributed by atoms with E-state index in [0.717, 1.165) is 11.3 Å². The minimum absolute atomic E-state index is 0.0200. The Labute approximate surface area is 134 Å². The first kappa shape index (κ1) is 16.7. The van der Waals surface area contributed by atoms with Crippen molar-refractivity contribution < 1.29 is 14.0 Å². The molecule has 23 heavy (non-hydrogen) atoms. The van der Waals surface area contributed by atoms with Crippen LogP contribution in [0.5, 0.6) is 0 Å². The molecule has 1 N–H and O–H groups in total. The first-order valence-electron chi connectivity index (χ1n) is 7.29. The van der Waals surface area contributed by atoms with Crippen LogP contribution < -0.4 is 5.32 Å². The lowest BCUT2D eigenvalue weighted by Gasteiger charge is -2.18. The zero-order valence-corrected chi connectivity index (χ0v) is 13.2. The van der Waals surface area contributed by atoms with E-state index in [0.29, 0.717) is 12.1 Å². The second-order valence-corrected chi connectivity index (χ2v) is 5.37. The van der Waals surface area contributed by atoms with Gasteiger partial charge in [-0.15, -0.1) is 0 Å². The van der Waals surface area contributed by atoms with Gasteiger partial charge in [-0.2, -0.15) is 0 Å². The highest BCUT2D eigenvalue weighted by atomic mass is 19.1. The number of nitrogens with one attached hydrogen (secondary N) is 1. The molecule has 1 amide bonds. The molecule has 0 saturated heterocycles. The van der Waals surface area contributed by atoms with Gasteiger partial charge in [0.1, 0.15) is 5.82 Å². The third kappa shape index (κ3) is 4.92. The Balaban J connectivity index is 1.90. The largest absolute Gasteiger partial charge is 0.376 e. The van der Waals surface area contributed by atoms with Crippen molar-refractivity contribution in [3.63, 3.8) is 0 Å². The van der Waals surface area contributed by atoms with Crippen LogP contribution >= 0.6 is 0 Å². The first-order valence-corrected chi connectivity index (χ1v) is 7.29. The number of nitrogens with zero attached hydrogens (tertiary/aromatic N) is 1. The number of ketones is 1. The Morgan fingerprint density at radius 1 is 1.13 bits per heavy atom. The van der Waals surface area contributed by atoms with Crippen molar-refractivity contribution in [2.75, 3.05) is 18.9 Å². The third-order valence-corrected chi connectivity index (χ3v) is 3.47. The summed E-state index contributed by atoms with van der Waals surface area (Å²) in [6.07, 6.45) is 0. The summed E-state index contributed by atoms with van der Waals surface area (Å²) in [4.78, 5) is 25.0. The Bertz CT molecular complexity index is 698. The molecule has 0 radical (unpaired) electrons. The van der Waals surface area contributed by atoms with Crippen molar-refractivity contribution in [3.8, 4) is 0 Å². The Morgan fingerprint density at radius 2 is 1.83 bits per heavy atom. The van der Waals surface area contributed by atoms with Gasteiger partial charge < -0.3 is 10.2 Å². The van der Waals surface area contributed by atoms with Crippen molar-refractivity contribution in [2.45, 2.75) is 13.5 Å². The number of benzene rings is 2. The standard InChI is InChI=1S/C18H19FN2O2/c1-13(22)15-4-3-5-17(10-15)20-11-18(23)21(2)12-14-6-8-16(19)9-7-14/h3-10,20H,11-12H2,1-2H3. The number of rotatable bonds is 6. The summed E-state index contributed by atoms with van der Waals surface area (Å²) < 4.78 is 12.9. The molecule has 2 rings (SSSR count). The van der Waals surface area contributed by atoms with Gasteiger partial charge in [0.2, 0.25) is 5.91 Å². The normalized spacial score (nSPS) is 10.2. The van der Waals surface area contributed by atoms with Crippen molar-refractivity contribution in [3.05, 3.63) is 65.5 Å². The number of likely N-dealkylation sites (N-methyl/N-ethyl adjacent to an activating group) is 1. The molecule has 5 heteroatoms. The predicted octanol–water partition coefficient (Wildman–Crippen LogP) is 3.10. The van der Waals surface area contributed by atoms with Crippen molar-refractivity contribution >= 4 is 17.4 Å². The van der Waals surface area contributed by atoms with E-state index in [-0.39, 0.29) is 24.1 Å². The van der Waals surface area contributed by atoms with Crippen molar-refractivity contribution in [2.24, 2.45) is 0 Å². The molecule has 2 aromatic carbocycles. The maximum absolute atomic E-state index is 12.9. The van der Waals surface area contributed by atoms with Gasteiger partial charge in [0.05, 0.1) is 6.54 Å². The van der Waals surface area contributed by atoms with Gasteiger partial charge in [-0.05, 0) is 36.8 Å². The lowest BCUT2D eigenvalue weighted by Crippen LogP contribution is -2.31. The van der Waals surface area contributed by atoms with Crippen LogP contribution in [0.25, 0.3) is 0 Å². The molecule has 120 valence electrons. The molecular formula is C18H19FN2O2. The van der Waals surface area contributed by atoms with E-state index in [1.54, 1.807) is 48.3 Å². The van der Waals surface area contributed by atoms with Gasteiger partial charge in [0, 0.05) is 24.8 Å². The van der Waals surface area contributed by atoms with Gasteiger partial charge in [-0.3, -0.25) is 9.59 Å². The second-order valence-electron chi connectivity index (χ2n) is 5.37. The van der Waals surface area contributed by atoms with Gasteiger partial charge >= 0.3 is 0 Å². The number of amides is 1. The fourth-order valence-electron chi connectivity index (χ4n) is 2.11. The lowest BCUT2D eigenvalue weighted by atomic mass is 10.1. The quantitative estimate of drug-likeness (QED) is 0.834. The van der Waals surface area contributed by atoms with E-state index in [2.05, 4.69) is 5.32 Å². The van der Waals surface area contributed by atoms with E-state index < -0.39 is 0 Å². The molecule has 0 atom stereocenters. The second kappa shape index (κ2) is 7.54. The average Bonchev–Trinajstić information content (AvgIpc) is 2.55. The number of hydrogen-bond acceptors (Lipinski definition) is 3. The fraction of sp³-hybridized carbons (Fsp3) is 0.222. The van der Waals surface area contributed by atoms with Crippen LogP contribution in [0.1, 0.15) is 22.8 Å². The average molecular weight is 314 g/mol. The highest BCUT2D eigenvalue weighted by molar-refractivity contribution is 5.95. The van der Waals surface area contributed by atoms with E-state index in [4.69, 9.17) is 0 Å². The minimum Gasteiger partial charge on any atom is -0.376 e. The molecule has 0 aliphatic carbocycles. The van der Waals surface area contributed by atoms with Crippen molar-refractivity contribution in [1.29, 1.82) is 0 Å². The molecule has 0 spiro atoms. The van der Waals surface area contributed by atoms with Gasteiger partial charge in [0.25, 0.3) is 0 Å². The predicted molar refractivity (Wildman–Crippen MR) is 87.8 cm³/mol. The fourth-order valence-corrected chi connectivity index (χ4v) is 2.11. The summed E-state index contributed by atoms with van der Waals surface area (Å²) in [7, 11) is 1.69.